The van der Waals surface area contributed by atoms with E-state index in [9.17, 15) is 14.4 Å². The first kappa shape index (κ1) is 32.9. The van der Waals surface area contributed by atoms with E-state index in [0.717, 1.165) is 34.7 Å². The maximum atomic E-state index is 14.4. The first-order valence-electron chi connectivity index (χ1n) is 15.4. The third-order valence-corrected chi connectivity index (χ3v) is 8.22. The van der Waals surface area contributed by atoms with Crippen molar-refractivity contribution in [2.45, 2.75) is 69.7 Å². The summed E-state index contributed by atoms with van der Waals surface area (Å²) >= 11 is 0. The van der Waals surface area contributed by atoms with Crippen LogP contribution in [0, 0.1) is 0 Å². The zero-order valence-electron chi connectivity index (χ0n) is 26.4. The highest BCUT2D eigenvalue weighted by atomic mass is 16.5. The molecule has 4 rings (SSSR count). The summed E-state index contributed by atoms with van der Waals surface area (Å²) in [5.74, 6) is -0.860. The standard InChI is InChI=1S/C36H46N4O4/c1-36(2,37)21-11-20-33(41)39(3)32(24-28-17-10-16-27-15-8-9-19-30(27)28)35(43)40(4)31(23-26-13-6-5-7-14-26)34(42)38-25-29-18-12-22-44-29/h5-11,13-17,19-20,29,31-32H,12,18,21-25,37H2,1-4H3,(H,38,42)/t29?,31-,32-/m1/s1. The van der Waals surface area contributed by atoms with Crippen LogP contribution in [0.5, 0.6) is 0 Å². The van der Waals surface area contributed by atoms with E-state index >= 15 is 0 Å². The van der Waals surface area contributed by atoms with E-state index in [1.165, 1.54) is 15.9 Å². The number of nitrogens with one attached hydrogen (secondary N) is 1. The quantitative estimate of drug-likeness (QED) is 0.286. The second kappa shape index (κ2) is 15.1. The highest BCUT2D eigenvalue weighted by Crippen LogP contribution is 2.23. The molecule has 0 spiro atoms. The van der Waals surface area contributed by atoms with Crippen molar-refractivity contribution in [2.24, 2.45) is 5.73 Å². The molecule has 0 aromatic heterocycles. The number of rotatable bonds is 13. The van der Waals surface area contributed by atoms with Gasteiger partial charge in [0.1, 0.15) is 12.1 Å². The number of hydrogen-bond acceptors (Lipinski definition) is 5. The molecule has 1 heterocycles. The fourth-order valence-electron chi connectivity index (χ4n) is 5.57. The van der Waals surface area contributed by atoms with Crippen molar-refractivity contribution < 1.29 is 19.1 Å². The van der Waals surface area contributed by atoms with Gasteiger partial charge in [0.05, 0.1) is 6.10 Å². The third-order valence-electron chi connectivity index (χ3n) is 8.22. The second-order valence-corrected chi connectivity index (χ2v) is 12.4. The summed E-state index contributed by atoms with van der Waals surface area (Å²) in [5.41, 5.74) is 7.53. The van der Waals surface area contributed by atoms with Gasteiger partial charge in [0.15, 0.2) is 0 Å². The summed E-state index contributed by atoms with van der Waals surface area (Å²) in [7, 11) is 3.30. The lowest BCUT2D eigenvalue weighted by molar-refractivity contribution is -0.146. The molecule has 3 N–H and O–H groups in total. The Kier molecular flexibility index (Phi) is 11.3. The molecule has 44 heavy (non-hydrogen) atoms. The van der Waals surface area contributed by atoms with Crippen LogP contribution in [0.25, 0.3) is 10.8 Å². The summed E-state index contributed by atoms with van der Waals surface area (Å²) in [4.78, 5) is 44.5. The van der Waals surface area contributed by atoms with Crippen LogP contribution in [0.4, 0.5) is 0 Å². The van der Waals surface area contributed by atoms with Crippen molar-refractivity contribution in [3.8, 4) is 0 Å². The van der Waals surface area contributed by atoms with Gasteiger partial charge in [-0.2, -0.15) is 0 Å². The molecular weight excluding hydrogens is 552 g/mol. The van der Waals surface area contributed by atoms with E-state index in [2.05, 4.69) is 5.32 Å². The smallest absolute Gasteiger partial charge is 0.246 e. The van der Waals surface area contributed by atoms with Gasteiger partial charge in [0.25, 0.3) is 0 Å². The van der Waals surface area contributed by atoms with Gasteiger partial charge in [-0.1, -0.05) is 78.9 Å². The molecule has 3 aromatic carbocycles. The van der Waals surface area contributed by atoms with Gasteiger partial charge in [0, 0.05) is 45.6 Å². The Balaban J connectivity index is 1.64. The molecule has 1 saturated heterocycles. The number of amides is 3. The number of carbonyl (C=O) groups excluding carboxylic acids is 3. The van der Waals surface area contributed by atoms with Crippen molar-refractivity contribution in [1.82, 2.24) is 15.1 Å². The van der Waals surface area contributed by atoms with E-state index in [0.29, 0.717) is 32.4 Å². The van der Waals surface area contributed by atoms with Crippen LogP contribution < -0.4 is 11.1 Å². The minimum Gasteiger partial charge on any atom is -0.376 e. The van der Waals surface area contributed by atoms with Gasteiger partial charge in [-0.05, 0) is 61.1 Å². The number of nitrogens with two attached hydrogens (primary N) is 1. The highest BCUT2D eigenvalue weighted by Gasteiger charge is 2.35. The molecule has 8 nitrogen and oxygen atoms in total. The lowest BCUT2D eigenvalue weighted by atomic mass is 9.96. The number of ether oxygens (including phenoxy) is 1. The molecule has 0 radical (unpaired) electrons. The van der Waals surface area contributed by atoms with E-state index in [4.69, 9.17) is 10.5 Å². The zero-order valence-corrected chi connectivity index (χ0v) is 26.4. The van der Waals surface area contributed by atoms with E-state index in [-0.39, 0.29) is 23.8 Å². The Morgan fingerprint density at radius 1 is 0.955 bits per heavy atom. The maximum absolute atomic E-state index is 14.4. The van der Waals surface area contributed by atoms with E-state index in [1.807, 2.05) is 86.6 Å². The van der Waals surface area contributed by atoms with Gasteiger partial charge in [0.2, 0.25) is 17.7 Å². The summed E-state index contributed by atoms with van der Waals surface area (Å²) < 4.78 is 5.71. The maximum Gasteiger partial charge on any atom is 0.246 e. The van der Waals surface area contributed by atoms with Crippen LogP contribution in [0.3, 0.4) is 0 Å². The Bertz CT molecular complexity index is 1440. The predicted molar refractivity (Wildman–Crippen MR) is 175 cm³/mol. The van der Waals surface area contributed by atoms with Crippen molar-refractivity contribution in [1.29, 1.82) is 0 Å². The predicted octanol–water partition coefficient (Wildman–Crippen LogP) is 4.26. The summed E-state index contributed by atoms with van der Waals surface area (Å²) in [6.45, 7) is 4.88. The molecule has 0 bridgehead atoms. The Labute approximate surface area is 261 Å². The van der Waals surface area contributed by atoms with Crippen LogP contribution in [0.2, 0.25) is 0 Å². The van der Waals surface area contributed by atoms with Gasteiger partial charge in [-0.3, -0.25) is 14.4 Å². The average Bonchev–Trinajstić information content (AvgIpc) is 3.54. The monoisotopic (exact) mass is 598 g/mol. The average molecular weight is 599 g/mol. The minimum atomic E-state index is -0.849. The molecule has 1 unspecified atom stereocenters. The van der Waals surface area contributed by atoms with Gasteiger partial charge in [-0.15, -0.1) is 0 Å². The largest absolute Gasteiger partial charge is 0.376 e. The second-order valence-electron chi connectivity index (χ2n) is 12.4. The SMILES string of the molecule is CN(C(=O)C=CCC(C)(C)N)[C@H](Cc1cccc2ccccc12)C(=O)N(C)[C@H](Cc1ccccc1)C(=O)NCC1CCCO1. The van der Waals surface area contributed by atoms with Crippen LogP contribution >= 0.6 is 0 Å². The Morgan fingerprint density at radius 2 is 1.66 bits per heavy atom. The molecule has 8 heteroatoms. The lowest BCUT2D eigenvalue weighted by Crippen LogP contribution is -2.56. The van der Waals surface area contributed by atoms with Crippen molar-refractivity contribution in [3.63, 3.8) is 0 Å². The normalized spacial score (nSPS) is 16.5. The summed E-state index contributed by atoms with van der Waals surface area (Å²) in [6, 6.07) is 22.0. The van der Waals surface area contributed by atoms with Crippen LogP contribution in [0.15, 0.2) is 84.9 Å². The molecule has 0 saturated carbocycles. The molecule has 1 aliphatic heterocycles. The van der Waals surface area contributed by atoms with E-state index in [1.54, 1.807) is 20.2 Å². The molecule has 3 atom stereocenters. The topological polar surface area (TPSA) is 105 Å². The number of hydrogen-bond donors (Lipinski definition) is 2. The highest BCUT2D eigenvalue weighted by molar-refractivity contribution is 5.95. The zero-order chi connectivity index (χ0) is 31.7. The molecular formula is C36H46N4O4. The van der Waals surface area contributed by atoms with Crippen LogP contribution in [-0.4, -0.2) is 78.5 Å². The number of carbonyl (C=O) groups is 3. The fraction of sp³-hybridized carbons (Fsp3) is 0.417. The summed E-state index contributed by atoms with van der Waals surface area (Å²) in [5, 5.41) is 5.10. The Hall–Kier alpha value is -4.01. The first-order valence-corrected chi connectivity index (χ1v) is 15.4. The molecule has 1 fully saturated rings. The molecule has 3 amide bonds. The van der Waals surface area contributed by atoms with Crippen molar-refractivity contribution in [3.05, 3.63) is 96.1 Å². The van der Waals surface area contributed by atoms with Gasteiger partial charge < -0.3 is 25.6 Å². The van der Waals surface area contributed by atoms with Gasteiger partial charge in [-0.25, -0.2) is 0 Å². The summed E-state index contributed by atoms with van der Waals surface area (Å²) in [6.07, 6.45) is 6.21. The number of nitrogens with zero attached hydrogens (tertiary/aromatic N) is 2. The molecule has 1 aliphatic rings. The first-order chi connectivity index (χ1) is 21.0. The fourth-order valence-corrected chi connectivity index (χ4v) is 5.57. The Morgan fingerprint density at radius 3 is 2.36 bits per heavy atom. The third kappa shape index (κ3) is 9.00. The van der Waals surface area contributed by atoms with Crippen molar-refractivity contribution >= 4 is 28.5 Å². The molecule has 0 aliphatic carbocycles. The van der Waals surface area contributed by atoms with E-state index < -0.39 is 17.6 Å². The molecule has 234 valence electrons. The minimum absolute atomic E-state index is 0.0227. The number of fused-ring (bicyclic) bond motifs is 1. The number of likely N-dealkylation sites (N-methyl/N-ethyl adjacent to an activating group) is 2. The lowest BCUT2D eigenvalue weighted by Gasteiger charge is -2.34. The van der Waals surface area contributed by atoms with Gasteiger partial charge >= 0.3 is 0 Å². The molecule has 3 aromatic rings. The van der Waals surface area contributed by atoms with Crippen LogP contribution in [-0.2, 0) is 32.0 Å². The number of benzene rings is 3. The van der Waals surface area contributed by atoms with Crippen molar-refractivity contribution in [2.75, 3.05) is 27.2 Å². The van der Waals surface area contributed by atoms with Crippen LogP contribution in [0.1, 0.15) is 44.2 Å².